The van der Waals surface area contributed by atoms with Crippen molar-refractivity contribution in [2.45, 2.75) is 50.8 Å². The summed E-state index contributed by atoms with van der Waals surface area (Å²) < 4.78 is 0. The second-order valence-electron chi connectivity index (χ2n) is 6.97. The van der Waals surface area contributed by atoms with E-state index in [-0.39, 0.29) is 18.0 Å². The van der Waals surface area contributed by atoms with Gasteiger partial charge in [-0.05, 0) is 30.9 Å². The average molecular weight is 309 g/mol. The van der Waals surface area contributed by atoms with Crippen LogP contribution >= 0.6 is 0 Å². The van der Waals surface area contributed by atoms with E-state index in [4.69, 9.17) is 0 Å². The van der Waals surface area contributed by atoms with Crippen LogP contribution in [0.5, 0.6) is 0 Å². The highest BCUT2D eigenvalue weighted by atomic mass is 16.3. The molecule has 2 N–H and O–H groups in total. The first-order valence-corrected chi connectivity index (χ1v) is 8.70. The van der Waals surface area contributed by atoms with Gasteiger partial charge in [-0.25, -0.2) is 0 Å². The van der Waals surface area contributed by atoms with Crippen LogP contribution in [0.1, 0.15) is 56.3 Å². The second kappa shape index (κ2) is 6.86. The summed E-state index contributed by atoms with van der Waals surface area (Å²) in [6.07, 6.45) is 2.87. The van der Waals surface area contributed by atoms with Crippen LogP contribution in [-0.4, -0.2) is 10.7 Å². The fourth-order valence-corrected chi connectivity index (χ4v) is 3.99. The highest BCUT2D eigenvalue weighted by Gasteiger charge is 2.44. The van der Waals surface area contributed by atoms with Gasteiger partial charge in [-0.1, -0.05) is 74.0 Å². The predicted octanol–water partition coefficient (Wildman–Crippen LogP) is 4.63. The number of rotatable bonds is 4. The van der Waals surface area contributed by atoms with E-state index >= 15 is 0 Å². The number of hydrogen-bond acceptors (Lipinski definition) is 2. The quantitative estimate of drug-likeness (QED) is 0.863. The summed E-state index contributed by atoms with van der Waals surface area (Å²) >= 11 is 0. The molecule has 2 nitrogen and oxygen atoms in total. The van der Waals surface area contributed by atoms with E-state index in [9.17, 15) is 5.11 Å². The molecule has 1 aliphatic rings. The molecular formula is C21H27NO. The van der Waals surface area contributed by atoms with Crippen molar-refractivity contribution in [1.29, 1.82) is 0 Å². The van der Waals surface area contributed by atoms with E-state index < -0.39 is 5.60 Å². The van der Waals surface area contributed by atoms with Crippen molar-refractivity contribution in [3.8, 4) is 0 Å². The molecule has 2 heteroatoms. The summed E-state index contributed by atoms with van der Waals surface area (Å²) in [4.78, 5) is 0. The Morgan fingerprint density at radius 1 is 1.00 bits per heavy atom. The Kier molecular flexibility index (Phi) is 4.84. The van der Waals surface area contributed by atoms with Crippen LogP contribution in [0.4, 0.5) is 0 Å². The lowest BCUT2D eigenvalue weighted by Gasteiger charge is -2.47. The highest BCUT2D eigenvalue weighted by Crippen LogP contribution is 2.44. The van der Waals surface area contributed by atoms with E-state index in [0.717, 1.165) is 19.3 Å². The molecule has 3 rings (SSSR count). The van der Waals surface area contributed by atoms with E-state index in [1.54, 1.807) is 0 Å². The van der Waals surface area contributed by atoms with Gasteiger partial charge < -0.3 is 10.4 Å². The third kappa shape index (κ3) is 3.49. The van der Waals surface area contributed by atoms with E-state index in [1.807, 2.05) is 19.1 Å². The summed E-state index contributed by atoms with van der Waals surface area (Å²) in [7, 11) is 0. The zero-order valence-corrected chi connectivity index (χ0v) is 14.1. The van der Waals surface area contributed by atoms with Crippen molar-refractivity contribution >= 4 is 0 Å². The predicted molar refractivity (Wildman–Crippen MR) is 95.1 cm³/mol. The molecule has 0 bridgehead atoms. The molecule has 4 atom stereocenters. The Morgan fingerprint density at radius 3 is 2.13 bits per heavy atom. The zero-order valence-electron chi connectivity index (χ0n) is 14.1. The molecule has 0 aliphatic carbocycles. The summed E-state index contributed by atoms with van der Waals surface area (Å²) in [5.41, 5.74) is 1.86. The van der Waals surface area contributed by atoms with Gasteiger partial charge in [-0.2, -0.15) is 0 Å². The summed E-state index contributed by atoms with van der Waals surface area (Å²) in [5, 5.41) is 15.0. The standard InChI is InChI=1S/C21H27NO/c1-3-10-18-20(17-13-8-5-9-14-17)22-19(15-21(18,2)23)16-11-6-4-7-12-16/h4-9,11-14,18-20,22-23H,3,10,15H2,1-2H3/t18-,19-,20+,21+/m1/s1. The lowest BCUT2D eigenvalue weighted by molar-refractivity contribution is -0.0636. The molecule has 23 heavy (non-hydrogen) atoms. The van der Waals surface area contributed by atoms with Crippen molar-refractivity contribution in [1.82, 2.24) is 5.32 Å². The van der Waals surface area contributed by atoms with Crippen LogP contribution in [0.15, 0.2) is 60.7 Å². The Bertz CT molecular complexity index is 608. The molecule has 0 spiro atoms. The molecule has 0 amide bonds. The van der Waals surface area contributed by atoms with Crippen molar-refractivity contribution in [3.63, 3.8) is 0 Å². The number of piperidine rings is 1. The summed E-state index contributed by atoms with van der Waals surface area (Å²) in [6.45, 7) is 4.21. The van der Waals surface area contributed by atoms with Crippen LogP contribution in [0.25, 0.3) is 0 Å². The Morgan fingerprint density at radius 2 is 1.57 bits per heavy atom. The van der Waals surface area contributed by atoms with Crippen LogP contribution in [-0.2, 0) is 0 Å². The fraction of sp³-hybridized carbons (Fsp3) is 0.429. The molecular weight excluding hydrogens is 282 g/mol. The number of hydrogen-bond donors (Lipinski definition) is 2. The SMILES string of the molecule is CCC[C@@H]1[C@H](c2ccccc2)N[C@@H](c2ccccc2)C[C@]1(C)O. The monoisotopic (exact) mass is 309 g/mol. The summed E-state index contributed by atoms with van der Waals surface area (Å²) in [5.74, 6) is 0.231. The first kappa shape index (κ1) is 16.2. The number of benzene rings is 2. The first-order valence-electron chi connectivity index (χ1n) is 8.70. The van der Waals surface area contributed by atoms with Crippen LogP contribution < -0.4 is 5.32 Å². The molecule has 1 heterocycles. The third-order valence-corrected chi connectivity index (χ3v) is 5.16. The Hall–Kier alpha value is -1.64. The van der Waals surface area contributed by atoms with Gasteiger partial charge >= 0.3 is 0 Å². The molecule has 122 valence electrons. The molecule has 0 aromatic heterocycles. The van der Waals surface area contributed by atoms with Crippen LogP contribution in [0.3, 0.4) is 0 Å². The van der Waals surface area contributed by atoms with E-state index in [0.29, 0.717) is 0 Å². The van der Waals surface area contributed by atoms with Gasteiger partial charge in [0.15, 0.2) is 0 Å². The van der Waals surface area contributed by atoms with Gasteiger partial charge in [-0.3, -0.25) is 0 Å². The molecule has 0 unspecified atom stereocenters. The van der Waals surface area contributed by atoms with Crippen molar-refractivity contribution in [2.75, 3.05) is 0 Å². The van der Waals surface area contributed by atoms with Crippen molar-refractivity contribution in [3.05, 3.63) is 71.8 Å². The fourth-order valence-electron chi connectivity index (χ4n) is 3.99. The van der Waals surface area contributed by atoms with Crippen LogP contribution in [0, 0.1) is 5.92 Å². The minimum atomic E-state index is -0.664. The number of nitrogens with one attached hydrogen (secondary N) is 1. The molecule has 1 fully saturated rings. The van der Waals surface area contributed by atoms with Gasteiger partial charge in [0.05, 0.1) is 5.60 Å². The van der Waals surface area contributed by atoms with Gasteiger partial charge in [-0.15, -0.1) is 0 Å². The maximum absolute atomic E-state index is 11.2. The smallest absolute Gasteiger partial charge is 0.0684 e. The zero-order chi connectivity index (χ0) is 16.3. The largest absolute Gasteiger partial charge is 0.390 e. The second-order valence-corrected chi connectivity index (χ2v) is 6.97. The van der Waals surface area contributed by atoms with Crippen molar-refractivity contribution in [2.24, 2.45) is 5.92 Å². The normalized spacial score (nSPS) is 31.0. The maximum atomic E-state index is 11.2. The first-order chi connectivity index (χ1) is 11.1. The summed E-state index contributed by atoms with van der Waals surface area (Å²) in [6, 6.07) is 21.4. The third-order valence-electron chi connectivity index (χ3n) is 5.16. The topological polar surface area (TPSA) is 32.3 Å². The molecule has 1 saturated heterocycles. The Labute approximate surface area is 139 Å². The number of aliphatic hydroxyl groups is 1. The molecule has 0 radical (unpaired) electrons. The molecule has 1 aliphatic heterocycles. The highest BCUT2D eigenvalue weighted by molar-refractivity contribution is 5.26. The minimum absolute atomic E-state index is 0.185. The van der Waals surface area contributed by atoms with Gasteiger partial charge in [0.1, 0.15) is 0 Å². The Balaban J connectivity index is 1.95. The van der Waals surface area contributed by atoms with Crippen molar-refractivity contribution < 1.29 is 5.11 Å². The van der Waals surface area contributed by atoms with Gasteiger partial charge in [0.2, 0.25) is 0 Å². The molecule has 2 aromatic carbocycles. The lowest BCUT2D eigenvalue weighted by atomic mass is 9.70. The molecule has 0 saturated carbocycles. The lowest BCUT2D eigenvalue weighted by Crippen LogP contribution is -2.51. The maximum Gasteiger partial charge on any atom is 0.0684 e. The van der Waals surface area contributed by atoms with Gasteiger partial charge in [0, 0.05) is 18.0 Å². The van der Waals surface area contributed by atoms with E-state index in [2.05, 4.69) is 60.8 Å². The minimum Gasteiger partial charge on any atom is -0.390 e. The van der Waals surface area contributed by atoms with E-state index in [1.165, 1.54) is 11.1 Å². The van der Waals surface area contributed by atoms with Gasteiger partial charge in [0.25, 0.3) is 0 Å². The van der Waals surface area contributed by atoms with Crippen LogP contribution in [0.2, 0.25) is 0 Å². The average Bonchev–Trinajstić information content (AvgIpc) is 2.58. The molecule has 2 aromatic rings.